The molecule has 0 aliphatic carbocycles. The molecule has 3 heterocycles. The van der Waals surface area contributed by atoms with E-state index in [0.29, 0.717) is 23.4 Å². The van der Waals surface area contributed by atoms with Gasteiger partial charge in [-0.2, -0.15) is 13.2 Å². The number of likely N-dealkylation sites (N-methyl/N-ethyl adjacent to an activating group) is 1. The van der Waals surface area contributed by atoms with Crippen molar-refractivity contribution >= 4 is 29.3 Å². The summed E-state index contributed by atoms with van der Waals surface area (Å²) < 4.78 is 45.1. The van der Waals surface area contributed by atoms with Crippen molar-refractivity contribution in [1.82, 2.24) is 15.1 Å². The molecule has 1 fully saturated rings. The number of ether oxygens (including phenoxy) is 1. The molecular formula is C27H33F3N5O5+. The SMILES string of the molecule is C#[N+][C@@H]1C[C@]23CN1C(=O)[C@H](CC(C)C)N(C)C(=O)[C@@H](NC(=O)C(F)(F)F)CCCCOc1ccc(c2c1)NC3=O. The molecule has 0 saturated carbocycles. The lowest BCUT2D eigenvalue weighted by atomic mass is 9.80. The second-order valence-corrected chi connectivity index (χ2v) is 11.0. The van der Waals surface area contributed by atoms with Crippen molar-refractivity contribution in [3.8, 4) is 12.3 Å². The molecule has 1 saturated heterocycles. The topological polar surface area (TPSA) is 112 Å². The molecule has 3 aliphatic heterocycles. The highest BCUT2D eigenvalue weighted by atomic mass is 19.4. The van der Waals surface area contributed by atoms with Crippen LogP contribution in [0.15, 0.2) is 18.2 Å². The second kappa shape index (κ2) is 11.0. The fourth-order valence-corrected chi connectivity index (χ4v) is 5.68. The van der Waals surface area contributed by atoms with Gasteiger partial charge in [-0.15, -0.1) is 0 Å². The number of carbonyl (C=O) groups is 4. The number of carbonyl (C=O) groups excluding carboxylic acids is 4. The van der Waals surface area contributed by atoms with Gasteiger partial charge in [0.2, 0.25) is 11.8 Å². The van der Waals surface area contributed by atoms with Crippen LogP contribution in [0, 0.1) is 12.5 Å². The minimum absolute atomic E-state index is 0.0651. The largest absolute Gasteiger partial charge is 0.494 e. The van der Waals surface area contributed by atoms with Crippen LogP contribution in [0.5, 0.6) is 5.75 Å². The number of hydrogen-bond acceptors (Lipinski definition) is 5. The standard InChI is InChI=1S/C27H32F3N5O5/c1-15(2)11-20-23(37)35-14-26(13-21(35)31-3)17-12-16(8-9-18(17)32-24(26)38)40-10-6-5-7-19(22(36)34(20)4)33-25(39)27(28,29)30/h3,8-9,12,15,19-21H,5-7,10-11,13-14H2,1-2,4H3,(H-,32,33,38,39)/p+1/t19-,20-,21-,26-/m0/s1. The lowest BCUT2D eigenvalue weighted by Gasteiger charge is -2.34. The van der Waals surface area contributed by atoms with Gasteiger partial charge in [0.15, 0.2) is 0 Å². The van der Waals surface area contributed by atoms with E-state index in [-0.39, 0.29) is 50.7 Å². The van der Waals surface area contributed by atoms with Crippen molar-refractivity contribution in [3.05, 3.63) is 28.6 Å². The highest BCUT2D eigenvalue weighted by molar-refractivity contribution is 6.07. The third kappa shape index (κ3) is 5.44. The normalized spacial score (nSPS) is 27.4. The van der Waals surface area contributed by atoms with Crippen molar-refractivity contribution < 1.29 is 37.1 Å². The third-order valence-electron chi connectivity index (χ3n) is 7.79. The lowest BCUT2D eigenvalue weighted by Crippen LogP contribution is -2.57. The molecule has 1 aromatic carbocycles. The molecule has 0 unspecified atom stereocenters. The van der Waals surface area contributed by atoms with E-state index in [1.165, 1.54) is 11.9 Å². The number of benzene rings is 1. The summed E-state index contributed by atoms with van der Waals surface area (Å²) in [4.78, 5) is 59.0. The molecule has 3 aliphatic rings. The minimum Gasteiger partial charge on any atom is -0.494 e. The Labute approximate surface area is 230 Å². The zero-order chi connectivity index (χ0) is 29.4. The van der Waals surface area contributed by atoms with Gasteiger partial charge in [0, 0.05) is 19.3 Å². The number of amides is 4. The third-order valence-corrected chi connectivity index (χ3v) is 7.79. The number of nitrogens with one attached hydrogen (secondary N) is 2. The Morgan fingerprint density at radius 3 is 2.62 bits per heavy atom. The van der Waals surface area contributed by atoms with E-state index >= 15 is 0 Å². The van der Waals surface area contributed by atoms with E-state index in [0.717, 1.165) is 4.90 Å². The summed E-state index contributed by atoms with van der Waals surface area (Å²) in [6.45, 7) is 9.51. The van der Waals surface area contributed by atoms with E-state index in [1.54, 1.807) is 23.5 Å². The van der Waals surface area contributed by atoms with Crippen molar-refractivity contribution in [1.29, 1.82) is 0 Å². The Morgan fingerprint density at radius 2 is 1.98 bits per heavy atom. The highest BCUT2D eigenvalue weighted by Crippen LogP contribution is 2.48. The summed E-state index contributed by atoms with van der Waals surface area (Å²) in [6, 6.07) is 2.54. The maximum atomic E-state index is 14.0. The summed E-state index contributed by atoms with van der Waals surface area (Å²) in [5.74, 6) is -3.53. The van der Waals surface area contributed by atoms with Crippen molar-refractivity contribution in [2.45, 2.75) is 75.8 Å². The van der Waals surface area contributed by atoms with Crippen LogP contribution >= 0.6 is 0 Å². The summed E-state index contributed by atoms with van der Waals surface area (Å²) in [5, 5.41) is 4.67. The van der Waals surface area contributed by atoms with E-state index < -0.39 is 47.6 Å². The monoisotopic (exact) mass is 564 g/mol. The molecule has 216 valence electrons. The molecule has 13 heteroatoms. The summed E-state index contributed by atoms with van der Waals surface area (Å²) in [5.41, 5.74) is 0.104. The molecular weight excluding hydrogens is 531 g/mol. The number of rotatable bonds is 3. The Bertz CT molecular complexity index is 1250. The van der Waals surface area contributed by atoms with Crippen LogP contribution in [-0.2, 0) is 24.6 Å². The van der Waals surface area contributed by atoms with E-state index in [9.17, 15) is 32.3 Å². The second-order valence-electron chi connectivity index (χ2n) is 11.0. The molecule has 4 atom stereocenters. The van der Waals surface area contributed by atoms with Crippen molar-refractivity contribution in [2.75, 3.05) is 25.5 Å². The van der Waals surface area contributed by atoms with Crippen LogP contribution in [0.3, 0.4) is 0 Å². The van der Waals surface area contributed by atoms with Crippen molar-refractivity contribution in [3.63, 3.8) is 0 Å². The van der Waals surface area contributed by atoms with Crippen LogP contribution in [0.25, 0.3) is 4.85 Å². The zero-order valence-corrected chi connectivity index (χ0v) is 22.6. The van der Waals surface area contributed by atoms with Crippen LogP contribution in [0.2, 0.25) is 0 Å². The van der Waals surface area contributed by atoms with Gasteiger partial charge in [-0.05, 0) is 55.4 Å². The minimum atomic E-state index is -5.18. The van der Waals surface area contributed by atoms with E-state index in [1.807, 2.05) is 13.8 Å². The maximum Gasteiger partial charge on any atom is 0.471 e. The van der Waals surface area contributed by atoms with Gasteiger partial charge < -0.3 is 20.3 Å². The van der Waals surface area contributed by atoms with Crippen LogP contribution in [-0.4, -0.2) is 78.1 Å². The first-order valence-electron chi connectivity index (χ1n) is 13.2. The number of fused-ring (bicyclic) bond motifs is 2. The zero-order valence-electron chi connectivity index (χ0n) is 22.6. The molecule has 4 amide bonds. The van der Waals surface area contributed by atoms with E-state index in [2.05, 4.69) is 10.2 Å². The van der Waals surface area contributed by atoms with Crippen LogP contribution in [0.4, 0.5) is 18.9 Å². The fourth-order valence-electron chi connectivity index (χ4n) is 5.68. The molecule has 2 N–H and O–H groups in total. The molecule has 10 nitrogen and oxygen atoms in total. The Hall–Kier alpha value is -3.82. The van der Waals surface area contributed by atoms with Gasteiger partial charge in [0.05, 0.1) is 13.0 Å². The van der Waals surface area contributed by atoms with Crippen LogP contribution in [0.1, 0.15) is 51.5 Å². The Balaban J connectivity index is 1.76. The summed E-state index contributed by atoms with van der Waals surface area (Å²) in [6.07, 6.45) is -5.23. The molecule has 0 radical (unpaired) electrons. The van der Waals surface area contributed by atoms with E-state index in [4.69, 9.17) is 11.3 Å². The summed E-state index contributed by atoms with van der Waals surface area (Å²) in [7, 11) is 1.33. The molecule has 40 heavy (non-hydrogen) atoms. The summed E-state index contributed by atoms with van der Waals surface area (Å²) >= 11 is 0. The first-order valence-corrected chi connectivity index (χ1v) is 13.2. The smallest absolute Gasteiger partial charge is 0.471 e. The molecule has 4 rings (SSSR count). The lowest BCUT2D eigenvalue weighted by molar-refractivity contribution is -0.175. The number of halogens is 3. The predicted molar refractivity (Wildman–Crippen MR) is 139 cm³/mol. The average molecular weight is 565 g/mol. The van der Waals surface area contributed by atoms with Gasteiger partial charge >= 0.3 is 18.2 Å². The molecule has 0 aromatic heterocycles. The quantitative estimate of drug-likeness (QED) is 0.587. The fraction of sp³-hybridized carbons (Fsp3) is 0.593. The number of anilines is 1. The Kier molecular flexibility index (Phi) is 8.01. The first-order chi connectivity index (χ1) is 18.8. The first kappa shape index (κ1) is 29.2. The Morgan fingerprint density at radius 1 is 1.25 bits per heavy atom. The average Bonchev–Trinajstić information content (AvgIpc) is 3.41. The number of nitrogens with zero attached hydrogens (tertiary/aromatic N) is 3. The number of hydrogen-bond donors (Lipinski definition) is 2. The van der Waals surface area contributed by atoms with Gasteiger partial charge in [0.25, 0.3) is 12.5 Å². The van der Waals surface area contributed by atoms with Gasteiger partial charge in [-0.1, -0.05) is 18.7 Å². The van der Waals surface area contributed by atoms with Gasteiger partial charge in [-0.25, -0.2) is 0 Å². The van der Waals surface area contributed by atoms with Gasteiger partial charge in [-0.3, -0.25) is 24.1 Å². The van der Waals surface area contributed by atoms with Crippen molar-refractivity contribution in [2.24, 2.45) is 5.92 Å². The maximum absolute atomic E-state index is 14.0. The highest BCUT2D eigenvalue weighted by Gasteiger charge is 2.60. The number of alkyl halides is 3. The molecule has 4 bridgehead atoms. The molecule has 1 aromatic rings. The van der Waals surface area contributed by atoms with Crippen LogP contribution < -0.4 is 15.4 Å². The molecule has 1 spiro atoms. The van der Waals surface area contributed by atoms with Gasteiger partial charge in [0.1, 0.15) is 23.2 Å². The predicted octanol–water partition coefficient (Wildman–Crippen LogP) is 2.88.